The minimum Gasteiger partial charge on any atom is -0.382 e. The minimum atomic E-state index is -3.61. The molecule has 1 N–H and O–H groups in total. The summed E-state index contributed by atoms with van der Waals surface area (Å²) >= 11 is 0. The van der Waals surface area contributed by atoms with Gasteiger partial charge in [-0.15, -0.1) is 0 Å². The quantitative estimate of drug-likeness (QED) is 0.716. The lowest BCUT2D eigenvalue weighted by atomic mass is 10.1. The second kappa shape index (κ2) is 8.57. The molecule has 0 aromatic heterocycles. The van der Waals surface area contributed by atoms with Gasteiger partial charge in [-0.25, -0.2) is 8.42 Å². The van der Waals surface area contributed by atoms with E-state index in [1.54, 1.807) is 24.3 Å². The first kappa shape index (κ1) is 19.6. The molecule has 0 bridgehead atoms. The number of methoxy groups -OCH3 is 2. The average Bonchev–Trinajstić information content (AvgIpc) is 2.60. The van der Waals surface area contributed by atoms with E-state index in [4.69, 9.17) is 14.2 Å². The number of hydrogen-bond acceptors (Lipinski definition) is 6. The molecule has 1 unspecified atom stereocenters. The molecule has 138 valence electrons. The molecule has 1 amide bonds. The summed E-state index contributed by atoms with van der Waals surface area (Å²) in [5.74, 6) is -1.02. The number of benzene rings is 1. The first-order valence-corrected chi connectivity index (χ1v) is 9.45. The van der Waals surface area contributed by atoms with Crippen LogP contribution in [0.15, 0.2) is 41.3 Å². The number of carbonyl (C=O) groups is 1. The molecule has 2 rings (SSSR count). The molecule has 1 aliphatic heterocycles. The Morgan fingerprint density at radius 2 is 1.88 bits per heavy atom. The predicted molar refractivity (Wildman–Crippen MR) is 91.8 cm³/mol. The van der Waals surface area contributed by atoms with E-state index in [0.29, 0.717) is 0 Å². The maximum absolute atomic E-state index is 12.3. The molecule has 0 aliphatic carbocycles. The zero-order chi connectivity index (χ0) is 18.4. The van der Waals surface area contributed by atoms with Crippen LogP contribution in [0.2, 0.25) is 0 Å². The average molecular weight is 369 g/mol. The number of hydrogen-bond donors (Lipinski definition) is 1. The number of sulfone groups is 1. The summed E-state index contributed by atoms with van der Waals surface area (Å²) in [6.07, 6.45) is 1.62. The fraction of sp³-hybridized carbons (Fsp3) is 0.471. The number of aryl methyl sites for hydroxylation is 1. The molecule has 0 fully saturated rings. The van der Waals surface area contributed by atoms with Gasteiger partial charge in [0.1, 0.15) is 18.1 Å². The number of amides is 1. The van der Waals surface area contributed by atoms with Crippen LogP contribution in [0.4, 0.5) is 0 Å². The normalized spacial score (nSPS) is 23.4. The zero-order valence-electron chi connectivity index (χ0n) is 14.5. The van der Waals surface area contributed by atoms with Crippen molar-refractivity contribution < 1.29 is 27.4 Å². The Morgan fingerprint density at radius 1 is 1.20 bits per heavy atom. The Bertz CT molecular complexity index is 713. The first-order chi connectivity index (χ1) is 11.9. The minimum absolute atomic E-state index is 0.162. The third-order valence-electron chi connectivity index (χ3n) is 3.84. The van der Waals surface area contributed by atoms with Gasteiger partial charge >= 0.3 is 0 Å². The molecule has 25 heavy (non-hydrogen) atoms. The SMILES string of the molecule is COC[C@H]1OC(C(=O)NCS(=O)(=O)c2ccc(C)cc2)C=C[C@@H]1OC. The summed E-state index contributed by atoms with van der Waals surface area (Å²) < 4.78 is 40.5. The van der Waals surface area contributed by atoms with Crippen LogP contribution in [0.5, 0.6) is 0 Å². The topological polar surface area (TPSA) is 90.9 Å². The zero-order valence-corrected chi connectivity index (χ0v) is 15.3. The van der Waals surface area contributed by atoms with E-state index in [-0.39, 0.29) is 17.6 Å². The second-order valence-corrected chi connectivity index (χ2v) is 7.74. The third-order valence-corrected chi connectivity index (χ3v) is 5.36. The molecule has 3 atom stereocenters. The van der Waals surface area contributed by atoms with E-state index >= 15 is 0 Å². The van der Waals surface area contributed by atoms with Crippen LogP contribution in [0.25, 0.3) is 0 Å². The number of ether oxygens (including phenoxy) is 3. The first-order valence-electron chi connectivity index (χ1n) is 7.80. The standard InChI is InChI=1S/C17H23NO6S/c1-12-4-6-13(7-5-12)25(20,21)11-18-17(19)15-9-8-14(23-3)16(24-15)10-22-2/h4-9,14-16H,10-11H2,1-3H3,(H,18,19)/t14-,15?,16+/m0/s1. The molecule has 0 radical (unpaired) electrons. The molecule has 0 spiro atoms. The Kier molecular flexibility index (Phi) is 6.71. The fourth-order valence-corrected chi connectivity index (χ4v) is 3.47. The highest BCUT2D eigenvalue weighted by atomic mass is 32.2. The molecular formula is C17H23NO6S. The van der Waals surface area contributed by atoms with Gasteiger partial charge in [0.25, 0.3) is 5.91 Å². The Balaban J connectivity index is 1.99. The van der Waals surface area contributed by atoms with E-state index in [2.05, 4.69) is 5.32 Å². The van der Waals surface area contributed by atoms with Crippen LogP contribution in [0, 0.1) is 6.92 Å². The molecule has 0 saturated heterocycles. The van der Waals surface area contributed by atoms with Crippen molar-refractivity contribution in [3.8, 4) is 0 Å². The van der Waals surface area contributed by atoms with Crippen LogP contribution < -0.4 is 5.32 Å². The maximum atomic E-state index is 12.3. The second-order valence-electron chi connectivity index (χ2n) is 5.75. The Labute approximate surface area is 147 Å². The maximum Gasteiger partial charge on any atom is 0.253 e. The number of nitrogens with one attached hydrogen (secondary N) is 1. The van der Waals surface area contributed by atoms with Crippen LogP contribution in [0.3, 0.4) is 0 Å². The van der Waals surface area contributed by atoms with Crippen LogP contribution in [-0.4, -0.2) is 59.3 Å². The van der Waals surface area contributed by atoms with Gasteiger partial charge in [0.2, 0.25) is 0 Å². The van der Waals surface area contributed by atoms with Crippen LogP contribution in [-0.2, 0) is 28.8 Å². The molecule has 1 aromatic rings. The highest BCUT2D eigenvalue weighted by molar-refractivity contribution is 7.91. The summed E-state index contributed by atoms with van der Waals surface area (Å²) in [7, 11) is -0.548. The van der Waals surface area contributed by atoms with E-state index in [0.717, 1.165) is 5.56 Å². The predicted octanol–water partition coefficient (Wildman–Crippen LogP) is 0.827. The van der Waals surface area contributed by atoms with Gasteiger partial charge in [-0.2, -0.15) is 0 Å². The van der Waals surface area contributed by atoms with E-state index in [9.17, 15) is 13.2 Å². The van der Waals surface area contributed by atoms with E-state index in [1.807, 2.05) is 6.92 Å². The van der Waals surface area contributed by atoms with Crippen molar-refractivity contribution >= 4 is 15.7 Å². The van der Waals surface area contributed by atoms with Crippen molar-refractivity contribution in [2.45, 2.75) is 30.1 Å². The van der Waals surface area contributed by atoms with Crippen molar-refractivity contribution in [2.75, 3.05) is 26.7 Å². The van der Waals surface area contributed by atoms with Gasteiger partial charge < -0.3 is 19.5 Å². The van der Waals surface area contributed by atoms with Crippen molar-refractivity contribution in [3.05, 3.63) is 42.0 Å². The van der Waals surface area contributed by atoms with Crippen molar-refractivity contribution in [1.29, 1.82) is 0 Å². The summed E-state index contributed by atoms with van der Waals surface area (Å²) in [6, 6.07) is 6.46. The Morgan fingerprint density at radius 3 is 2.48 bits per heavy atom. The lowest BCUT2D eigenvalue weighted by Crippen LogP contribution is -2.46. The van der Waals surface area contributed by atoms with Gasteiger partial charge in [-0.05, 0) is 25.1 Å². The van der Waals surface area contributed by atoms with Gasteiger partial charge in [-0.3, -0.25) is 4.79 Å². The largest absolute Gasteiger partial charge is 0.382 e. The highest BCUT2D eigenvalue weighted by Crippen LogP contribution is 2.17. The van der Waals surface area contributed by atoms with Crippen molar-refractivity contribution in [1.82, 2.24) is 5.32 Å². The summed E-state index contributed by atoms with van der Waals surface area (Å²) in [4.78, 5) is 12.4. The van der Waals surface area contributed by atoms with Gasteiger partial charge in [-0.1, -0.05) is 23.8 Å². The highest BCUT2D eigenvalue weighted by Gasteiger charge is 2.31. The van der Waals surface area contributed by atoms with Crippen LogP contribution >= 0.6 is 0 Å². The third kappa shape index (κ3) is 5.12. The van der Waals surface area contributed by atoms with E-state index in [1.165, 1.54) is 26.4 Å². The smallest absolute Gasteiger partial charge is 0.253 e. The molecule has 0 saturated carbocycles. The molecule has 8 heteroatoms. The van der Waals surface area contributed by atoms with Gasteiger partial charge in [0, 0.05) is 14.2 Å². The van der Waals surface area contributed by atoms with Gasteiger partial charge in [0.15, 0.2) is 15.9 Å². The van der Waals surface area contributed by atoms with Crippen molar-refractivity contribution in [3.63, 3.8) is 0 Å². The Hall–Kier alpha value is -1.74. The van der Waals surface area contributed by atoms with Crippen molar-refractivity contribution in [2.24, 2.45) is 0 Å². The molecule has 7 nitrogen and oxygen atoms in total. The summed E-state index contributed by atoms with van der Waals surface area (Å²) in [6.45, 7) is 2.13. The fourth-order valence-electron chi connectivity index (χ4n) is 2.42. The number of rotatable bonds is 7. The monoisotopic (exact) mass is 369 g/mol. The van der Waals surface area contributed by atoms with Gasteiger partial charge in [0.05, 0.1) is 11.5 Å². The summed E-state index contributed by atoms with van der Waals surface area (Å²) in [5, 5.41) is 2.42. The summed E-state index contributed by atoms with van der Waals surface area (Å²) in [5.41, 5.74) is 0.959. The lowest BCUT2D eigenvalue weighted by Gasteiger charge is -2.30. The molecule has 1 heterocycles. The van der Waals surface area contributed by atoms with Crippen LogP contribution in [0.1, 0.15) is 5.56 Å². The molecular weight excluding hydrogens is 346 g/mol. The molecule has 1 aliphatic rings. The lowest BCUT2D eigenvalue weighted by molar-refractivity contribution is -0.143. The van der Waals surface area contributed by atoms with E-state index < -0.39 is 33.8 Å². The number of carbonyl (C=O) groups excluding carboxylic acids is 1. The molecule has 1 aromatic carbocycles.